The van der Waals surface area contributed by atoms with Gasteiger partial charge in [-0.05, 0) is 50.1 Å². The molecule has 0 spiro atoms. The van der Waals surface area contributed by atoms with E-state index in [1.54, 1.807) is 12.3 Å². The predicted octanol–water partition coefficient (Wildman–Crippen LogP) is 5.71. The van der Waals surface area contributed by atoms with E-state index in [1.807, 2.05) is 43.3 Å². The highest BCUT2D eigenvalue weighted by Gasteiger charge is 2.26. The van der Waals surface area contributed by atoms with Gasteiger partial charge in [0.2, 0.25) is 5.91 Å². The quantitative estimate of drug-likeness (QED) is 0.598. The molecule has 0 saturated carbocycles. The molecule has 0 unspecified atom stereocenters. The minimum atomic E-state index is -0.0134. The molecule has 144 valence electrons. The summed E-state index contributed by atoms with van der Waals surface area (Å²) in [5, 5.41) is 6.49. The highest BCUT2D eigenvalue weighted by molar-refractivity contribution is 6.36. The van der Waals surface area contributed by atoms with E-state index in [9.17, 15) is 4.79 Å². The largest absolute Gasteiger partial charge is 0.370 e. The van der Waals surface area contributed by atoms with Crippen molar-refractivity contribution in [2.75, 3.05) is 23.3 Å². The number of hydrogen-bond donors (Lipinski definition) is 1. The molecule has 28 heavy (non-hydrogen) atoms. The van der Waals surface area contributed by atoms with Crippen LogP contribution in [0.2, 0.25) is 10.0 Å². The smallest absolute Gasteiger partial charge is 0.227 e. The molecule has 3 aromatic rings. The van der Waals surface area contributed by atoms with Crippen LogP contribution in [0.5, 0.6) is 0 Å². The average Bonchev–Trinajstić information content (AvgIpc) is 2.69. The molecule has 4 rings (SSSR count). The Kier molecular flexibility index (Phi) is 5.42. The number of nitrogens with one attached hydrogen (secondary N) is 1. The van der Waals surface area contributed by atoms with Gasteiger partial charge in [-0.3, -0.25) is 9.78 Å². The Hall–Kier alpha value is -2.30. The first-order valence-electron chi connectivity index (χ1n) is 9.38. The van der Waals surface area contributed by atoms with Gasteiger partial charge in [0.05, 0.1) is 10.7 Å². The molecule has 6 heteroatoms. The molecule has 1 aromatic heterocycles. The van der Waals surface area contributed by atoms with Crippen molar-refractivity contribution in [2.45, 2.75) is 19.8 Å². The first kappa shape index (κ1) is 19.0. The fourth-order valence-electron chi connectivity index (χ4n) is 3.82. The molecule has 2 heterocycles. The highest BCUT2D eigenvalue weighted by Crippen LogP contribution is 2.32. The lowest BCUT2D eigenvalue weighted by Crippen LogP contribution is -2.38. The van der Waals surface area contributed by atoms with Crippen molar-refractivity contribution >= 4 is 51.3 Å². The number of nitrogens with zero attached hydrogens (tertiary/aromatic N) is 2. The van der Waals surface area contributed by atoms with Crippen molar-refractivity contribution < 1.29 is 4.79 Å². The van der Waals surface area contributed by atoms with E-state index in [4.69, 9.17) is 23.2 Å². The van der Waals surface area contributed by atoms with Gasteiger partial charge in [-0.25, -0.2) is 0 Å². The first-order chi connectivity index (χ1) is 13.5. The van der Waals surface area contributed by atoms with Gasteiger partial charge in [-0.1, -0.05) is 35.3 Å². The van der Waals surface area contributed by atoms with Gasteiger partial charge < -0.3 is 10.2 Å². The van der Waals surface area contributed by atoms with Crippen molar-refractivity contribution in [1.82, 2.24) is 4.98 Å². The summed E-state index contributed by atoms with van der Waals surface area (Å²) in [4.78, 5) is 19.4. The molecule has 4 nitrogen and oxygen atoms in total. The maximum atomic E-state index is 12.9. The fraction of sp³-hybridized carbons (Fsp3) is 0.273. The Morgan fingerprint density at radius 3 is 2.64 bits per heavy atom. The Labute approximate surface area is 174 Å². The van der Waals surface area contributed by atoms with Gasteiger partial charge in [0.1, 0.15) is 0 Å². The van der Waals surface area contributed by atoms with Gasteiger partial charge in [0.15, 0.2) is 0 Å². The maximum absolute atomic E-state index is 12.9. The lowest BCUT2D eigenvalue weighted by Gasteiger charge is -2.33. The van der Waals surface area contributed by atoms with Crippen molar-refractivity contribution in [2.24, 2.45) is 5.92 Å². The van der Waals surface area contributed by atoms with E-state index < -0.39 is 0 Å². The van der Waals surface area contributed by atoms with Crippen molar-refractivity contribution in [3.05, 3.63) is 64.4 Å². The molecule has 1 amide bonds. The molecule has 0 bridgehead atoms. The van der Waals surface area contributed by atoms with Crippen LogP contribution in [0, 0.1) is 12.8 Å². The van der Waals surface area contributed by atoms with Crippen LogP contribution in [-0.2, 0) is 4.79 Å². The second-order valence-electron chi connectivity index (χ2n) is 7.14. The third-order valence-electron chi connectivity index (χ3n) is 5.38. The Bertz CT molecular complexity index is 1030. The monoisotopic (exact) mass is 413 g/mol. The number of fused-ring (bicyclic) bond motifs is 1. The van der Waals surface area contributed by atoms with E-state index in [0.29, 0.717) is 10.0 Å². The van der Waals surface area contributed by atoms with Crippen LogP contribution in [0.25, 0.3) is 10.8 Å². The summed E-state index contributed by atoms with van der Waals surface area (Å²) in [6, 6.07) is 13.4. The number of aromatic nitrogens is 1. The lowest BCUT2D eigenvalue weighted by molar-refractivity contribution is -0.120. The number of rotatable bonds is 3. The van der Waals surface area contributed by atoms with Crippen LogP contribution in [-0.4, -0.2) is 24.0 Å². The summed E-state index contributed by atoms with van der Waals surface area (Å²) >= 11 is 12.3. The molecular formula is C22H21Cl2N3O. The second-order valence-corrected chi connectivity index (χ2v) is 7.99. The van der Waals surface area contributed by atoms with Crippen LogP contribution in [0.1, 0.15) is 18.5 Å². The summed E-state index contributed by atoms with van der Waals surface area (Å²) in [5.41, 5.74) is 2.78. The summed E-state index contributed by atoms with van der Waals surface area (Å²) in [7, 11) is 0. The summed E-state index contributed by atoms with van der Waals surface area (Å²) in [6.45, 7) is 3.56. The molecule has 1 fully saturated rings. The van der Waals surface area contributed by atoms with E-state index in [0.717, 1.165) is 53.8 Å². The SMILES string of the molecule is Cc1nccc2c(NC(=O)C3CCN(c4ccc(Cl)cc4Cl)CC3)cccc12. The number of amides is 1. The third kappa shape index (κ3) is 3.80. The van der Waals surface area contributed by atoms with Gasteiger partial charge in [0, 0.05) is 52.4 Å². The van der Waals surface area contributed by atoms with Crippen LogP contribution < -0.4 is 10.2 Å². The molecule has 1 saturated heterocycles. The second kappa shape index (κ2) is 7.98. The van der Waals surface area contributed by atoms with Crippen LogP contribution in [0.15, 0.2) is 48.7 Å². The number of pyridine rings is 1. The van der Waals surface area contributed by atoms with Crippen LogP contribution >= 0.6 is 23.2 Å². The molecule has 0 radical (unpaired) electrons. The topological polar surface area (TPSA) is 45.2 Å². The number of hydrogen-bond acceptors (Lipinski definition) is 3. The Morgan fingerprint density at radius 2 is 1.89 bits per heavy atom. The van der Waals surface area contributed by atoms with Crippen LogP contribution in [0.3, 0.4) is 0 Å². The van der Waals surface area contributed by atoms with Crippen molar-refractivity contribution in [3.8, 4) is 0 Å². The molecule has 0 atom stereocenters. The normalized spacial score (nSPS) is 15.0. The number of piperidine rings is 1. The van der Waals surface area contributed by atoms with Crippen molar-refractivity contribution in [1.29, 1.82) is 0 Å². The number of aryl methyl sites for hydroxylation is 1. The van der Waals surface area contributed by atoms with Crippen molar-refractivity contribution in [3.63, 3.8) is 0 Å². The first-order valence-corrected chi connectivity index (χ1v) is 10.1. The van der Waals surface area contributed by atoms with Gasteiger partial charge in [-0.2, -0.15) is 0 Å². The maximum Gasteiger partial charge on any atom is 0.227 e. The summed E-state index contributed by atoms with van der Waals surface area (Å²) < 4.78 is 0. The van der Waals surface area contributed by atoms with Gasteiger partial charge in [0.25, 0.3) is 0 Å². The summed E-state index contributed by atoms with van der Waals surface area (Å²) in [5.74, 6) is 0.0596. The van der Waals surface area contributed by atoms with Gasteiger partial charge in [-0.15, -0.1) is 0 Å². The van der Waals surface area contributed by atoms with E-state index in [-0.39, 0.29) is 11.8 Å². The van der Waals surface area contributed by atoms with E-state index in [2.05, 4.69) is 15.2 Å². The number of benzene rings is 2. The zero-order chi connectivity index (χ0) is 19.7. The Morgan fingerprint density at radius 1 is 1.11 bits per heavy atom. The van der Waals surface area contributed by atoms with Gasteiger partial charge >= 0.3 is 0 Å². The lowest BCUT2D eigenvalue weighted by atomic mass is 9.95. The average molecular weight is 414 g/mol. The molecular weight excluding hydrogens is 393 g/mol. The highest BCUT2D eigenvalue weighted by atomic mass is 35.5. The molecule has 1 N–H and O–H groups in total. The standard InChI is InChI=1S/C22H21Cl2N3O/c1-14-17-3-2-4-20(18(17)7-10-25-14)26-22(28)15-8-11-27(12-9-15)21-6-5-16(23)13-19(21)24/h2-7,10,13,15H,8-9,11-12H2,1H3,(H,26,28). The predicted molar refractivity (Wildman–Crippen MR) is 117 cm³/mol. The zero-order valence-electron chi connectivity index (χ0n) is 15.6. The number of anilines is 2. The minimum Gasteiger partial charge on any atom is -0.370 e. The van der Waals surface area contributed by atoms with Crippen LogP contribution in [0.4, 0.5) is 11.4 Å². The number of carbonyl (C=O) groups excluding carboxylic acids is 1. The minimum absolute atomic E-state index is 0.0134. The summed E-state index contributed by atoms with van der Waals surface area (Å²) in [6.07, 6.45) is 3.36. The zero-order valence-corrected chi connectivity index (χ0v) is 17.1. The molecule has 0 aliphatic carbocycles. The number of carbonyl (C=O) groups is 1. The van der Waals surface area contributed by atoms with E-state index >= 15 is 0 Å². The molecule has 2 aromatic carbocycles. The number of halogens is 2. The fourth-order valence-corrected chi connectivity index (χ4v) is 4.35. The van der Waals surface area contributed by atoms with E-state index in [1.165, 1.54) is 0 Å². The Balaban J connectivity index is 1.44. The molecule has 1 aliphatic rings. The third-order valence-corrected chi connectivity index (χ3v) is 5.92. The molecule has 1 aliphatic heterocycles.